The van der Waals surface area contributed by atoms with Gasteiger partial charge in [-0.05, 0) is 64.6 Å². The van der Waals surface area contributed by atoms with E-state index in [1.165, 1.54) is 6.08 Å². The largest absolute Gasteiger partial charge is 0.507 e. The molecule has 0 saturated carbocycles. The molecule has 0 saturated heterocycles. The second kappa shape index (κ2) is 9.38. The van der Waals surface area contributed by atoms with Crippen molar-refractivity contribution in [3.63, 3.8) is 0 Å². The minimum Gasteiger partial charge on any atom is -0.507 e. The van der Waals surface area contributed by atoms with Crippen molar-refractivity contribution in [1.82, 2.24) is 9.80 Å². The van der Waals surface area contributed by atoms with Crippen LogP contribution in [-0.2, 0) is 13.1 Å². The Labute approximate surface area is 170 Å². The van der Waals surface area contributed by atoms with Gasteiger partial charge in [0.1, 0.15) is 5.75 Å². The minimum atomic E-state index is -0.175. The fourth-order valence-electron chi connectivity index (χ4n) is 2.75. The van der Waals surface area contributed by atoms with Crippen LogP contribution in [0.3, 0.4) is 0 Å². The van der Waals surface area contributed by atoms with E-state index in [9.17, 15) is 9.90 Å². The number of nitrogens with zero attached hydrogens (tertiary/aromatic N) is 2. The molecule has 6 heteroatoms. The Kier molecular flexibility index (Phi) is 7.45. The zero-order valence-corrected chi connectivity index (χ0v) is 17.5. The van der Waals surface area contributed by atoms with Crippen molar-refractivity contribution in [3.05, 3.63) is 68.7 Å². The molecule has 1 N–H and O–H groups in total. The fraction of sp³-hybridized carbons (Fsp3) is 0.286. The van der Waals surface area contributed by atoms with Crippen molar-refractivity contribution in [2.45, 2.75) is 13.1 Å². The molecular weight excluding hydrogens is 383 g/mol. The van der Waals surface area contributed by atoms with E-state index in [4.69, 9.17) is 23.2 Å². The highest BCUT2D eigenvalue weighted by atomic mass is 35.5. The predicted molar refractivity (Wildman–Crippen MR) is 113 cm³/mol. The van der Waals surface area contributed by atoms with Crippen LogP contribution in [0.5, 0.6) is 5.75 Å². The Balaban J connectivity index is 2.40. The van der Waals surface area contributed by atoms with Gasteiger partial charge in [-0.2, -0.15) is 0 Å². The molecule has 0 aliphatic carbocycles. The van der Waals surface area contributed by atoms with Crippen molar-refractivity contribution in [2.24, 2.45) is 0 Å². The Morgan fingerprint density at radius 1 is 1.00 bits per heavy atom. The van der Waals surface area contributed by atoms with Crippen LogP contribution in [0, 0.1) is 0 Å². The highest BCUT2D eigenvalue weighted by molar-refractivity contribution is 6.37. The molecule has 0 unspecified atom stereocenters. The summed E-state index contributed by atoms with van der Waals surface area (Å²) in [4.78, 5) is 16.6. The third kappa shape index (κ3) is 5.81. The fourth-order valence-corrected chi connectivity index (χ4v) is 3.27. The van der Waals surface area contributed by atoms with Gasteiger partial charge in [0.15, 0.2) is 5.78 Å². The van der Waals surface area contributed by atoms with Crippen LogP contribution >= 0.6 is 23.2 Å². The Morgan fingerprint density at radius 3 is 1.93 bits per heavy atom. The average molecular weight is 407 g/mol. The standard InChI is InChI=1S/C21H24Cl2N2O2/c1-24(2)12-15-10-14(11-16(21(15)27)13-25(3)4)20(26)9-8-17-18(22)6-5-7-19(17)23/h5-11,27H,12-13H2,1-4H3/b9-8-. The maximum Gasteiger partial charge on any atom is 0.185 e. The molecule has 0 aromatic heterocycles. The van der Waals surface area contributed by atoms with Gasteiger partial charge in [-0.1, -0.05) is 29.3 Å². The van der Waals surface area contributed by atoms with Crippen molar-refractivity contribution >= 4 is 35.1 Å². The van der Waals surface area contributed by atoms with Crippen LogP contribution in [0.1, 0.15) is 27.0 Å². The molecule has 2 rings (SSSR count). The quantitative estimate of drug-likeness (QED) is 0.533. The normalized spacial score (nSPS) is 11.7. The summed E-state index contributed by atoms with van der Waals surface area (Å²) in [6.45, 7) is 1.07. The van der Waals surface area contributed by atoms with Crippen LogP contribution in [0.15, 0.2) is 36.4 Å². The van der Waals surface area contributed by atoms with Crippen molar-refractivity contribution in [2.75, 3.05) is 28.2 Å². The first-order chi connectivity index (χ1) is 12.7. The van der Waals surface area contributed by atoms with Crippen molar-refractivity contribution in [1.29, 1.82) is 0 Å². The van der Waals surface area contributed by atoms with Gasteiger partial charge in [0.05, 0.1) is 0 Å². The lowest BCUT2D eigenvalue weighted by molar-refractivity contribution is 0.104. The Hall–Kier alpha value is -1.85. The molecular formula is C21H24Cl2N2O2. The predicted octanol–water partition coefficient (Wildman–Crippen LogP) is 4.72. The lowest BCUT2D eigenvalue weighted by atomic mass is 10.00. The highest BCUT2D eigenvalue weighted by Crippen LogP contribution is 2.28. The number of carbonyl (C=O) groups excluding carboxylic acids is 1. The molecule has 2 aromatic rings. The maximum atomic E-state index is 12.7. The maximum absolute atomic E-state index is 12.7. The highest BCUT2D eigenvalue weighted by Gasteiger charge is 2.15. The molecule has 0 aliphatic rings. The number of phenolic OH excluding ortho intramolecular Hbond substituents is 1. The lowest BCUT2D eigenvalue weighted by Crippen LogP contribution is -2.15. The number of hydrogen-bond acceptors (Lipinski definition) is 4. The van der Waals surface area contributed by atoms with Crippen molar-refractivity contribution in [3.8, 4) is 5.75 Å². The molecule has 0 bridgehead atoms. The van der Waals surface area contributed by atoms with Crippen LogP contribution in [0.4, 0.5) is 0 Å². The topological polar surface area (TPSA) is 43.8 Å². The summed E-state index contributed by atoms with van der Waals surface area (Å²) < 4.78 is 0. The third-order valence-corrected chi connectivity index (χ3v) is 4.59. The zero-order valence-electron chi connectivity index (χ0n) is 16.0. The molecule has 0 fully saturated rings. The van der Waals surface area contributed by atoms with Gasteiger partial charge >= 0.3 is 0 Å². The number of aromatic hydroxyl groups is 1. The third-order valence-electron chi connectivity index (χ3n) is 3.93. The van der Waals surface area contributed by atoms with E-state index in [0.717, 1.165) is 0 Å². The first-order valence-electron chi connectivity index (χ1n) is 8.49. The second-order valence-electron chi connectivity index (χ2n) is 6.95. The summed E-state index contributed by atoms with van der Waals surface area (Å²) in [7, 11) is 7.66. The van der Waals surface area contributed by atoms with Gasteiger partial charge in [0, 0.05) is 45.4 Å². The molecule has 2 aromatic carbocycles. The first-order valence-corrected chi connectivity index (χ1v) is 9.25. The smallest absolute Gasteiger partial charge is 0.185 e. The summed E-state index contributed by atoms with van der Waals surface area (Å²) in [6, 6.07) is 8.67. The number of halogens is 2. The number of ketones is 1. The molecule has 0 atom stereocenters. The number of benzene rings is 2. The van der Waals surface area contributed by atoms with Crippen LogP contribution in [0.2, 0.25) is 10.0 Å². The molecule has 0 aliphatic heterocycles. The molecule has 144 valence electrons. The van der Waals surface area contributed by atoms with E-state index in [0.29, 0.717) is 45.4 Å². The van der Waals surface area contributed by atoms with Crippen LogP contribution < -0.4 is 0 Å². The molecule has 4 nitrogen and oxygen atoms in total. The summed E-state index contributed by atoms with van der Waals surface area (Å²) in [5.74, 6) is 0.0538. The SMILES string of the molecule is CN(C)Cc1cc(C(=O)/C=C\c2c(Cl)cccc2Cl)cc(CN(C)C)c1O. The van der Waals surface area contributed by atoms with E-state index in [-0.39, 0.29) is 11.5 Å². The minimum absolute atomic E-state index is 0.175. The van der Waals surface area contributed by atoms with E-state index in [2.05, 4.69) is 0 Å². The molecule has 0 radical (unpaired) electrons. The Bertz CT molecular complexity index is 810. The van der Waals surface area contributed by atoms with E-state index in [1.807, 2.05) is 38.0 Å². The second-order valence-corrected chi connectivity index (χ2v) is 7.77. The van der Waals surface area contributed by atoms with Gasteiger partial charge in [-0.15, -0.1) is 0 Å². The van der Waals surface area contributed by atoms with Crippen LogP contribution in [0.25, 0.3) is 6.08 Å². The number of allylic oxidation sites excluding steroid dienone is 1. The van der Waals surface area contributed by atoms with Crippen LogP contribution in [-0.4, -0.2) is 48.9 Å². The molecule has 27 heavy (non-hydrogen) atoms. The van der Waals surface area contributed by atoms with E-state index in [1.54, 1.807) is 36.4 Å². The van der Waals surface area contributed by atoms with Gasteiger partial charge in [-0.25, -0.2) is 0 Å². The number of carbonyl (C=O) groups is 1. The molecule has 0 heterocycles. The molecule has 0 spiro atoms. The number of phenols is 1. The summed E-state index contributed by atoms with van der Waals surface area (Å²) in [5, 5.41) is 11.5. The summed E-state index contributed by atoms with van der Waals surface area (Å²) >= 11 is 12.3. The lowest BCUT2D eigenvalue weighted by Gasteiger charge is -2.17. The summed E-state index contributed by atoms with van der Waals surface area (Å²) in [6.07, 6.45) is 3.08. The molecule has 0 amide bonds. The van der Waals surface area contributed by atoms with Crippen molar-refractivity contribution < 1.29 is 9.90 Å². The number of hydrogen-bond donors (Lipinski definition) is 1. The van der Waals surface area contributed by atoms with Gasteiger partial charge < -0.3 is 14.9 Å². The van der Waals surface area contributed by atoms with Gasteiger partial charge in [-0.3, -0.25) is 4.79 Å². The van der Waals surface area contributed by atoms with Gasteiger partial charge in [0.25, 0.3) is 0 Å². The monoisotopic (exact) mass is 406 g/mol. The first kappa shape index (κ1) is 21.5. The number of rotatable bonds is 7. The average Bonchev–Trinajstić information content (AvgIpc) is 2.56. The van der Waals surface area contributed by atoms with Gasteiger partial charge in [0.2, 0.25) is 0 Å². The van der Waals surface area contributed by atoms with E-state index >= 15 is 0 Å². The van der Waals surface area contributed by atoms with E-state index < -0.39 is 0 Å². The zero-order chi connectivity index (χ0) is 20.1. The summed E-state index contributed by atoms with van der Waals surface area (Å²) in [5.41, 5.74) is 2.55. The Morgan fingerprint density at radius 2 is 1.48 bits per heavy atom.